The van der Waals surface area contributed by atoms with Gasteiger partial charge in [0.05, 0.1) is 22.6 Å². The zero-order valence-corrected chi connectivity index (χ0v) is 19.0. The highest BCUT2D eigenvalue weighted by Gasteiger charge is 2.26. The van der Waals surface area contributed by atoms with Gasteiger partial charge in [-0.1, -0.05) is 18.2 Å². The van der Waals surface area contributed by atoms with Gasteiger partial charge in [-0.05, 0) is 55.3 Å². The number of nitro groups is 1. The van der Waals surface area contributed by atoms with Crippen molar-refractivity contribution in [1.29, 1.82) is 0 Å². The van der Waals surface area contributed by atoms with Crippen LogP contribution in [-0.4, -0.2) is 32.4 Å². The van der Waals surface area contributed by atoms with E-state index < -0.39 is 20.9 Å². The number of nitro benzene ring substituents is 1. The van der Waals surface area contributed by atoms with E-state index in [4.69, 9.17) is 4.74 Å². The molecule has 3 aromatic rings. The lowest BCUT2D eigenvalue weighted by atomic mass is 10.1. The van der Waals surface area contributed by atoms with Crippen LogP contribution in [0.2, 0.25) is 0 Å². The molecule has 0 heterocycles. The summed E-state index contributed by atoms with van der Waals surface area (Å²) < 4.78 is 33.4. The quantitative estimate of drug-likeness (QED) is 0.306. The monoisotopic (exact) mass is 482 g/mol. The Morgan fingerprint density at radius 3 is 2.50 bits per heavy atom. The lowest BCUT2D eigenvalue weighted by molar-refractivity contribution is -0.384. The third-order valence-electron chi connectivity index (χ3n) is 5.15. The zero-order chi connectivity index (χ0) is 24.3. The standard InChI is InChI=1S/C23H22N4O6S/c1-33-22-8-3-2-7-20(22)26-34(31,32)18-6-4-5-17(14-18)25-23(28)15-9-12-19(24-16-10-11-16)21(13-15)27(29)30/h2-9,12-14,16,24,26H,10-11H2,1H3,(H,25,28). The summed E-state index contributed by atoms with van der Waals surface area (Å²) in [6, 6.07) is 16.7. The Kier molecular flexibility index (Phi) is 6.37. The van der Waals surface area contributed by atoms with Crippen molar-refractivity contribution in [3.05, 3.63) is 82.4 Å². The van der Waals surface area contributed by atoms with Crippen LogP contribution in [0.15, 0.2) is 71.6 Å². The fourth-order valence-corrected chi connectivity index (χ4v) is 4.39. The average Bonchev–Trinajstić information content (AvgIpc) is 3.63. The van der Waals surface area contributed by atoms with Crippen LogP contribution >= 0.6 is 0 Å². The number of nitrogens with zero attached hydrogens (tertiary/aromatic N) is 1. The first kappa shape index (κ1) is 23.1. The summed E-state index contributed by atoms with van der Waals surface area (Å²) >= 11 is 0. The maximum absolute atomic E-state index is 12.9. The molecule has 1 saturated carbocycles. The molecule has 1 aliphatic carbocycles. The molecule has 34 heavy (non-hydrogen) atoms. The second-order valence-electron chi connectivity index (χ2n) is 7.70. The van der Waals surface area contributed by atoms with Crippen molar-refractivity contribution in [3.8, 4) is 5.75 Å². The second kappa shape index (κ2) is 9.40. The molecule has 0 unspecified atom stereocenters. The molecule has 0 radical (unpaired) electrons. The molecule has 0 atom stereocenters. The average molecular weight is 483 g/mol. The van der Waals surface area contributed by atoms with Crippen molar-refractivity contribution in [2.45, 2.75) is 23.8 Å². The molecule has 3 N–H and O–H groups in total. The van der Waals surface area contributed by atoms with E-state index in [0.717, 1.165) is 12.8 Å². The van der Waals surface area contributed by atoms with Gasteiger partial charge in [0, 0.05) is 23.4 Å². The van der Waals surface area contributed by atoms with E-state index >= 15 is 0 Å². The molecule has 10 nitrogen and oxygen atoms in total. The summed E-state index contributed by atoms with van der Waals surface area (Å²) in [5.74, 6) is -0.245. The molecule has 0 aromatic heterocycles. The van der Waals surface area contributed by atoms with Crippen LogP contribution in [0.25, 0.3) is 0 Å². The number of benzene rings is 3. The molecule has 1 amide bonds. The van der Waals surface area contributed by atoms with Gasteiger partial charge in [0.1, 0.15) is 11.4 Å². The van der Waals surface area contributed by atoms with E-state index in [0.29, 0.717) is 11.4 Å². The van der Waals surface area contributed by atoms with Gasteiger partial charge in [-0.15, -0.1) is 0 Å². The molecular formula is C23H22N4O6S. The van der Waals surface area contributed by atoms with E-state index in [2.05, 4.69) is 15.4 Å². The number of para-hydroxylation sites is 2. The zero-order valence-electron chi connectivity index (χ0n) is 18.1. The molecule has 1 aliphatic rings. The number of carbonyl (C=O) groups excluding carboxylic acids is 1. The van der Waals surface area contributed by atoms with Crippen molar-refractivity contribution in [2.24, 2.45) is 0 Å². The van der Waals surface area contributed by atoms with Gasteiger partial charge in [0.15, 0.2) is 0 Å². The second-order valence-corrected chi connectivity index (χ2v) is 9.38. The summed E-state index contributed by atoms with van der Waals surface area (Å²) in [4.78, 5) is 23.6. The Morgan fingerprint density at radius 2 is 1.79 bits per heavy atom. The predicted octanol–water partition coefficient (Wildman–Crippen LogP) is 4.23. The van der Waals surface area contributed by atoms with Gasteiger partial charge in [-0.2, -0.15) is 0 Å². The maximum Gasteiger partial charge on any atom is 0.293 e. The molecule has 0 saturated heterocycles. The minimum atomic E-state index is -3.98. The van der Waals surface area contributed by atoms with E-state index in [1.165, 1.54) is 49.6 Å². The van der Waals surface area contributed by atoms with Crippen molar-refractivity contribution >= 4 is 38.7 Å². The van der Waals surface area contributed by atoms with E-state index in [1.54, 1.807) is 24.3 Å². The minimum Gasteiger partial charge on any atom is -0.495 e. The molecule has 1 fully saturated rings. The van der Waals surface area contributed by atoms with Gasteiger partial charge in [0.2, 0.25) is 0 Å². The summed E-state index contributed by atoms with van der Waals surface area (Å²) in [6.07, 6.45) is 1.90. The first-order valence-electron chi connectivity index (χ1n) is 10.4. The fourth-order valence-electron chi connectivity index (χ4n) is 3.27. The topological polar surface area (TPSA) is 140 Å². The first-order valence-corrected chi connectivity index (χ1v) is 11.9. The lowest BCUT2D eigenvalue weighted by Crippen LogP contribution is -2.16. The number of rotatable bonds is 9. The number of nitrogens with one attached hydrogen (secondary N) is 3. The number of sulfonamides is 1. The lowest BCUT2D eigenvalue weighted by Gasteiger charge is -2.13. The Morgan fingerprint density at radius 1 is 1.03 bits per heavy atom. The number of hydrogen-bond donors (Lipinski definition) is 3. The molecule has 3 aromatic carbocycles. The number of ether oxygens (including phenoxy) is 1. The summed E-state index contributed by atoms with van der Waals surface area (Å²) in [7, 11) is -2.54. The SMILES string of the molecule is COc1ccccc1NS(=O)(=O)c1cccc(NC(=O)c2ccc(NC3CC3)c([N+](=O)[O-])c2)c1. The summed E-state index contributed by atoms with van der Waals surface area (Å²) in [5.41, 5.74) is 0.729. The van der Waals surface area contributed by atoms with Crippen LogP contribution in [0.5, 0.6) is 5.75 Å². The number of methoxy groups -OCH3 is 1. The molecule has 0 spiro atoms. The third kappa shape index (κ3) is 5.26. The number of carbonyl (C=O) groups is 1. The van der Waals surface area contributed by atoms with Gasteiger partial charge in [-0.3, -0.25) is 19.6 Å². The van der Waals surface area contributed by atoms with Crippen LogP contribution in [0.1, 0.15) is 23.2 Å². The summed E-state index contributed by atoms with van der Waals surface area (Å²) in [6.45, 7) is 0. The Balaban J connectivity index is 1.53. The highest BCUT2D eigenvalue weighted by atomic mass is 32.2. The Hall–Kier alpha value is -4.12. The molecule has 0 bridgehead atoms. The molecule has 11 heteroatoms. The smallest absolute Gasteiger partial charge is 0.293 e. The van der Waals surface area contributed by atoms with Gasteiger partial charge in [-0.25, -0.2) is 8.42 Å². The minimum absolute atomic E-state index is 0.0773. The van der Waals surface area contributed by atoms with E-state index in [9.17, 15) is 23.3 Å². The molecule has 0 aliphatic heterocycles. The normalized spacial score (nSPS) is 13.1. The third-order valence-corrected chi connectivity index (χ3v) is 6.51. The number of anilines is 3. The van der Waals surface area contributed by atoms with Crippen LogP contribution in [0.3, 0.4) is 0 Å². The maximum atomic E-state index is 12.9. The van der Waals surface area contributed by atoms with Gasteiger partial charge in [0.25, 0.3) is 21.6 Å². The Bertz CT molecular complexity index is 1360. The predicted molar refractivity (Wildman–Crippen MR) is 128 cm³/mol. The highest BCUT2D eigenvalue weighted by molar-refractivity contribution is 7.92. The van der Waals surface area contributed by atoms with Crippen molar-refractivity contribution in [1.82, 2.24) is 0 Å². The van der Waals surface area contributed by atoms with Crippen LogP contribution < -0.4 is 20.1 Å². The van der Waals surface area contributed by atoms with E-state index in [1.807, 2.05) is 0 Å². The van der Waals surface area contributed by atoms with E-state index in [-0.39, 0.29) is 33.6 Å². The van der Waals surface area contributed by atoms with Crippen molar-refractivity contribution in [2.75, 3.05) is 22.5 Å². The van der Waals surface area contributed by atoms with Crippen molar-refractivity contribution in [3.63, 3.8) is 0 Å². The van der Waals surface area contributed by atoms with Crippen LogP contribution in [0, 0.1) is 10.1 Å². The highest BCUT2D eigenvalue weighted by Crippen LogP contribution is 2.32. The van der Waals surface area contributed by atoms with Crippen LogP contribution in [0.4, 0.5) is 22.7 Å². The van der Waals surface area contributed by atoms with Gasteiger partial charge < -0.3 is 15.4 Å². The van der Waals surface area contributed by atoms with Gasteiger partial charge >= 0.3 is 0 Å². The molecular weight excluding hydrogens is 460 g/mol. The summed E-state index contributed by atoms with van der Waals surface area (Å²) in [5, 5.41) is 17.1. The first-order chi connectivity index (χ1) is 16.3. The molecule has 4 rings (SSSR count). The van der Waals surface area contributed by atoms with Crippen molar-refractivity contribution < 1.29 is 22.9 Å². The number of hydrogen-bond acceptors (Lipinski definition) is 7. The van der Waals surface area contributed by atoms with Crippen LogP contribution in [-0.2, 0) is 10.0 Å². The number of amides is 1. The largest absolute Gasteiger partial charge is 0.495 e. The Labute approximate surface area is 196 Å². The molecule has 176 valence electrons. The fraction of sp³-hybridized carbons (Fsp3) is 0.174.